The van der Waals surface area contributed by atoms with E-state index in [1.54, 1.807) is 0 Å². The van der Waals surface area contributed by atoms with Gasteiger partial charge >= 0.3 is 0 Å². The van der Waals surface area contributed by atoms with Crippen molar-refractivity contribution in [2.24, 2.45) is 0 Å². The van der Waals surface area contributed by atoms with Crippen LogP contribution >= 0.6 is 126 Å². The Morgan fingerprint density at radius 2 is 0.900 bits per heavy atom. The number of halogens is 7. The average Bonchev–Trinajstić information content (AvgIpc) is 2.99. The molecule has 50 heavy (non-hydrogen) atoms. The molecule has 3 atom stereocenters. The SMILES string of the molecule is CCN(CC)CC.Cc1ccc(CN(P(Cl)CCP(Cl)Cl)C(C)(C)C)cc1.Cc1ccc(CNC(C)(C)C)cc1.ClP(Cl)CCP(Cl)Cl.P.P. The minimum atomic E-state index is -0.908. The maximum absolute atomic E-state index is 6.64. The summed E-state index contributed by atoms with van der Waals surface area (Å²) in [6.07, 6.45) is 3.17. The molecule has 3 unspecified atom stereocenters. The minimum Gasteiger partial charge on any atom is -0.308 e. The van der Waals surface area contributed by atoms with Gasteiger partial charge in [0.1, 0.15) is 0 Å². The van der Waals surface area contributed by atoms with Crippen LogP contribution in [0.4, 0.5) is 0 Å². The van der Waals surface area contributed by atoms with Crippen molar-refractivity contribution in [1.29, 1.82) is 0 Å². The smallest absolute Gasteiger partial charge is 0.0859 e. The first-order valence-electron chi connectivity index (χ1n) is 16.2. The number of hydrogen-bond donors (Lipinski definition) is 1. The van der Waals surface area contributed by atoms with Crippen LogP contribution in [-0.4, -0.2) is 64.9 Å². The standard InChI is InChI=1S/C14H22Cl3NP2.C12H19N.C6H15N.C2H4Cl4P2.2H3P/c1-12-5-7-13(8-6-12)11-18(14(2,3)4)20(17)10-9-19(15)16;1-10-5-7-11(8-6-10)9-13-12(2,3)4;1-4-7(5-2)6-3;3-7(4)1-2-8(5)6;;/h5-8H,9-11H2,1-4H3;5-8,13H,9H2,1-4H3;4-6H2,1-3H3;1-2H2;2*1H3. The van der Waals surface area contributed by atoms with E-state index in [2.05, 4.69) is 140 Å². The van der Waals surface area contributed by atoms with Crippen LogP contribution in [-0.2, 0) is 13.1 Å². The van der Waals surface area contributed by atoms with Gasteiger partial charge in [0.25, 0.3) is 0 Å². The largest absolute Gasteiger partial charge is 0.308 e. The van der Waals surface area contributed by atoms with Gasteiger partial charge in [-0.1, -0.05) is 159 Å². The van der Waals surface area contributed by atoms with Gasteiger partial charge in [0.2, 0.25) is 0 Å². The van der Waals surface area contributed by atoms with Gasteiger partial charge in [0, 0.05) is 48.8 Å². The number of rotatable bonds is 14. The van der Waals surface area contributed by atoms with E-state index in [9.17, 15) is 0 Å². The minimum absolute atomic E-state index is 0. The first-order chi connectivity index (χ1) is 22.1. The number of benzene rings is 2. The molecule has 0 heterocycles. The van der Waals surface area contributed by atoms with Crippen molar-refractivity contribution in [2.75, 3.05) is 44.3 Å². The summed E-state index contributed by atoms with van der Waals surface area (Å²) in [5.41, 5.74) is 5.46. The molecule has 16 heteroatoms. The van der Waals surface area contributed by atoms with E-state index in [4.69, 9.17) is 78.7 Å². The van der Waals surface area contributed by atoms with E-state index >= 15 is 0 Å². The summed E-state index contributed by atoms with van der Waals surface area (Å²) in [6.45, 7) is 26.7. The van der Waals surface area contributed by atoms with Crippen LogP contribution < -0.4 is 5.32 Å². The zero-order valence-electron chi connectivity index (χ0n) is 32.2. The van der Waals surface area contributed by atoms with Crippen molar-refractivity contribution in [3.63, 3.8) is 0 Å². The van der Waals surface area contributed by atoms with E-state index in [0.29, 0.717) is 0 Å². The Balaban J connectivity index is -0.000000305. The van der Waals surface area contributed by atoms with Gasteiger partial charge in [0.15, 0.2) is 0 Å². The molecule has 3 nitrogen and oxygen atoms in total. The van der Waals surface area contributed by atoms with Crippen molar-refractivity contribution in [3.8, 4) is 0 Å². The molecule has 296 valence electrons. The number of nitrogens with one attached hydrogen (secondary N) is 1. The fourth-order valence-corrected chi connectivity index (χ4v) is 13.0. The summed E-state index contributed by atoms with van der Waals surface area (Å²) >= 11 is 40.2. The van der Waals surface area contributed by atoms with E-state index in [1.165, 1.54) is 41.9 Å². The maximum atomic E-state index is 6.64. The lowest BCUT2D eigenvalue weighted by Crippen LogP contribution is -2.36. The van der Waals surface area contributed by atoms with Crippen LogP contribution in [0.15, 0.2) is 48.5 Å². The lowest BCUT2D eigenvalue weighted by Gasteiger charge is -2.38. The summed E-state index contributed by atoms with van der Waals surface area (Å²) in [6, 6.07) is 17.3. The third kappa shape index (κ3) is 36.6. The molecule has 2 rings (SSSR count). The zero-order chi connectivity index (χ0) is 37.5. The van der Waals surface area contributed by atoms with Gasteiger partial charge in [-0.3, -0.25) is 4.67 Å². The first-order valence-corrected chi connectivity index (χ1v) is 28.6. The molecule has 0 amide bonds. The third-order valence-electron chi connectivity index (χ3n) is 6.67. The van der Waals surface area contributed by atoms with Crippen LogP contribution in [0.25, 0.3) is 0 Å². The van der Waals surface area contributed by atoms with Crippen molar-refractivity contribution in [1.82, 2.24) is 14.9 Å². The second-order valence-corrected chi connectivity index (χ2v) is 27.9. The van der Waals surface area contributed by atoms with Gasteiger partial charge in [-0.05, 0) is 86.2 Å². The lowest BCUT2D eigenvalue weighted by molar-refractivity contribution is 0.259. The normalized spacial score (nSPS) is 11.9. The summed E-state index contributed by atoms with van der Waals surface area (Å²) in [5, 5.41) is 3.46. The second kappa shape index (κ2) is 34.0. The molecule has 2 aromatic rings. The Bertz CT molecular complexity index is 1030. The second-order valence-electron chi connectivity index (χ2n) is 13.1. The molecule has 0 fully saturated rings. The molecule has 0 aliphatic rings. The van der Waals surface area contributed by atoms with Crippen LogP contribution in [0.2, 0.25) is 0 Å². The van der Waals surface area contributed by atoms with Crippen LogP contribution in [0.3, 0.4) is 0 Å². The predicted octanol–water partition coefficient (Wildman–Crippen LogP) is 15.8. The molecule has 0 bridgehead atoms. The van der Waals surface area contributed by atoms with Gasteiger partial charge in [-0.2, -0.15) is 19.8 Å². The highest BCUT2D eigenvalue weighted by Gasteiger charge is 2.28. The maximum Gasteiger partial charge on any atom is 0.0859 e. The molecule has 0 saturated heterocycles. The molecule has 0 spiro atoms. The summed E-state index contributed by atoms with van der Waals surface area (Å²) in [7, 11) is -0.743. The van der Waals surface area contributed by atoms with Crippen LogP contribution in [0.1, 0.15) is 84.6 Å². The quantitative estimate of drug-likeness (QED) is 0.190. The molecular formula is C34H66Cl7N3P6. The van der Waals surface area contributed by atoms with Gasteiger partial charge in [-0.25, -0.2) is 0 Å². The van der Waals surface area contributed by atoms with Crippen molar-refractivity contribution >= 4 is 126 Å². The molecule has 0 aliphatic carbocycles. The highest BCUT2D eigenvalue weighted by molar-refractivity contribution is 8.06. The molecule has 0 saturated carbocycles. The fraction of sp³-hybridized carbons (Fsp3) is 0.647. The van der Waals surface area contributed by atoms with Gasteiger partial charge in [-0.15, -0.1) is 0 Å². The monoisotopic (exact) mass is 947 g/mol. The Kier molecular flexibility index (Phi) is 40.6. The molecule has 0 aliphatic heterocycles. The molecule has 1 N–H and O–H groups in total. The van der Waals surface area contributed by atoms with E-state index < -0.39 is 27.3 Å². The van der Waals surface area contributed by atoms with Gasteiger partial charge in [0.05, 0.1) is 27.3 Å². The number of hydrogen-bond acceptors (Lipinski definition) is 3. The predicted molar refractivity (Wildman–Crippen MR) is 258 cm³/mol. The van der Waals surface area contributed by atoms with Crippen molar-refractivity contribution in [2.45, 2.75) is 100 Å². The average molecular weight is 951 g/mol. The number of nitrogens with zero attached hydrogens (tertiary/aromatic N) is 2. The summed E-state index contributed by atoms with van der Waals surface area (Å²) in [4.78, 5) is 2.38. The highest BCUT2D eigenvalue weighted by atomic mass is 35.9. The van der Waals surface area contributed by atoms with Crippen LogP contribution in [0, 0.1) is 13.8 Å². The van der Waals surface area contributed by atoms with Crippen LogP contribution in [0.5, 0.6) is 0 Å². The van der Waals surface area contributed by atoms with Crippen molar-refractivity contribution in [3.05, 3.63) is 70.8 Å². The number of aryl methyl sites for hydroxylation is 2. The molecule has 0 radical (unpaired) electrons. The fourth-order valence-electron chi connectivity index (χ4n) is 3.68. The highest BCUT2D eigenvalue weighted by Crippen LogP contribution is 2.55. The Labute approximate surface area is 353 Å². The van der Waals surface area contributed by atoms with E-state index in [-0.39, 0.29) is 30.9 Å². The first kappa shape index (κ1) is 59.6. The Morgan fingerprint density at radius 3 is 1.18 bits per heavy atom. The molecule has 2 aromatic carbocycles. The Hall–Kier alpha value is 2.93. The molecular weight excluding hydrogens is 884 g/mol. The lowest BCUT2D eigenvalue weighted by atomic mass is 10.1. The van der Waals surface area contributed by atoms with E-state index in [0.717, 1.165) is 37.7 Å². The summed E-state index contributed by atoms with van der Waals surface area (Å²) in [5.74, 6) is 0. The van der Waals surface area contributed by atoms with Crippen molar-refractivity contribution < 1.29 is 0 Å². The topological polar surface area (TPSA) is 18.5 Å². The van der Waals surface area contributed by atoms with E-state index in [1.807, 2.05) is 0 Å². The molecule has 0 aromatic heterocycles. The summed E-state index contributed by atoms with van der Waals surface area (Å²) < 4.78 is 2.36. The third-order valence-corrected chi connectivity index (χ3v) is 15.0. The zero-order valence-corrected chi connectivity index (χ0v) is 43.9. The Morgan fingerprint density at radius 1 is 0.560 bits per heavy atom. The van der Waals surface area contributed by atoms with Gasteiger partial charge < -0.3 is 10.2 Å².